The number of nitrogens with one attached hydrogen (secondary N) is 1. The van der Waals surface area contributed by atoms with Crippen LogP contribution >= 0.6 is 0 Å². The van der Waals surface area contributed by atoms with Gasteiger partial charge in [-0.15, -0.1) is 10.1 Å². The van der Waals surface area contributed by atoms with Gasteiger partial charge in [0.05, 0.1) is 0 Å². The quantitative estimate of drug-likeness (QED) is 0.396. The van der Waals surface area contributed by atoms with Crippen LogP contribution in [0.2, 0.25) is 0 Å². The molecule has 0 aliphatic heterocycles. The predicted octanol–water partition coefficient (Wildman–Crippen LogP) is -0.336. The largest absolute Gasteiger partial charge is 0.366 e. The number of carbonyl (C=O) groups excluding carboxylic acids is 2. The van der Waals surface area contributed by atoms with E-state index >= 15 is 0 Å². The van der Waals surface area contributed by atoms with Gasteiger partial charge in [-0.25, -0.2) is 0 Å². The molecule has 0 saturated heterocycles. The highest BCUT2D eigenvalue weighted by atomic mass is 17.0. The standard InChI is InChI=1S/C10H15N3O5/c11-9(14)5-6-10(15)12-7-1-3-8(4-2-7)18-13(16)17/h5-8H,1-4H2,(H2,11,14)(H,12,15)/b6-5-/t7-,8-. The molecule has 100 valence electrons. The van der Waals surface area contributed by atoms with E-state index in [1.54, 1.807) is 0 Å². The average Bonchev–Trinajstić information content (AvgIpc) is 2.28. The van der Waals surface area contributed by atoms with Gasteiger partial charge in [0.15, 0.2) is 0 Å². The molecule has 8 heteroatoms. The van der Waals surface area contributed by atoms with E-state index in [1.807, 2.05) is 0 Å². The van der Waals surface area contributed by atoms with Gasteiger partial charge in [0.2, 0.25) is 11.8 Å². The fourth-order valence-electron chi connectivity index (χ4n) is 1.84. The number of hydrogen-bond donors (Lipinski definition) is 2. The molecule has 0 atom stereocenters. The number of nitrogens with zero attached hydrogens (tertiary/aromatic N) is 1. The molecule has 0 spiro atoms. The summed E-state index contributed by atoms with van der Waals surface area (Å²) in [4.78, 5) is 36.3. The summed E-state index contributed by atoms with van der Waals surface area (Å²) in [6.45, 7) is 0. The van der Waals surface area contributed by atoms with Crippen LogP contribution in [-0.4, -0.2) is 29.0 Å². The Kier molecular flexibility index (Phi) is 5.09. The maximum Gasteiger partial charge on any atom is 0.294 e. The van der Waals surface area contributed by atoms with Gasteiger partial charge < -0.3 is 15.9 Å². The summed E-state index contributed by atoms with van der Waals surface area (Å²) in [5.74, 6) is -1.08. The third-order valence-corrected chi connectivity index (χ3v) is 2.65. The van der Waals surface area contributed by atoms with Gasteiger partial charge in [0.25, 0.3) is 5.09 Å². The van der Waals surface area contributed by atoms with Crippen molar-refractivity contribution >= 4 is 11.8 Å². The zero-order valence-electron chi connectivity index (χ0n) is 9.70. The maximum atomic E-state index is 11.3. The molecule has 0 aromatic rings. The summed E-state index contributed by atoms with van der Waals surface area (Å²) in [5, 5.41) is 12.0. The Labute approximate surface area is 103 Å². The van der Waals surface area contributed by atoms with Crippen molar-refractivity contribution < 1.29 is 19.5 Å². The monoisotopic (exact) mass is 257 g/mol. The Morgan fingerprint density at radius 2 is 1.89 bits per heavy atom. The topological polar surface area (TPSA) is 125 Å². The Hall–Kier alpha value is -2.12. The van der Waals surface area contributed by atoms with Crippen molar-refractivity contribution in [1.82, 2.24) is 5.32 Å². The molecule has 1 saturated carbocycles. The molecule has 3 N–H and O–H groups in total. The number of amides is 2. The van der Waals surface area contributed by atoms with Gasteiger partial charge in [-0.05, 0) is 25.7 Å². The van der Waals surface area contributed by atoms with Crippen molar-refractivity contribution in [2.45, 2.75) is 37.8 Å². The molecule has 8 nitrogen and oxygen atoms in total. The minimum Gasteiger partial charge on any atom is -0.366 e. The van der Waals surface area contributed by atoms with Crippen molar-refractivity contribution in [1.29, 1.82) is 0 Å². The molecule has 0 aromatic heterocycles. The van der Waals surface area contributed by atoms with Crippen LogP contribution in [0.25, 0.3) is 0 Å². The molecule has 1 fully saturated rings. The molecule has 0 bridgehead atoms. The van der Waals surface area contributed by atoms with Crippen LogP contribution in [0.5, 0.6) is 0 Å². The van der Waals surface area contributed by atoms with Gasteiger partial charge in [-0.1, -0.05) is 0 Å². The minimum absolute atomic E-state index is 0.0540. The van der Waals surface area contributed by atoms with Crippen molar-refractivity contribution in [2.24, 2.45) is 5.73 Å². The summed E-state index contributed by atoms with van der Waals surface area (Å²) in [7, 11) is 0. The average molecular weight is 257 g/mol. The van der Waals surface area contributed by atoms with Gasteiger partial charge in [-0.3, -0.25) is 9.59 Å². The Morgan fingerprint density at radius 3 is 2.39 bits per heavy atom. The van der Waals surface area contributed by atoms with Crippen LogP contribution in [-0.2, 0) is 14.4 Å². The van der Waals surface area contributed by atoms with Crippen molar-refractivity contribution in [3.05, 3.63) is 22.3 Å². The number of carbonyl (C=O) groups is 2. The molecule has 0 unspecified atom stereocenters. The maximum absolute atomic E-state index is 11.3. The third kappa shape index (κ3) is 5.28. The van der Waals surface area contributed by atoms with Gasteiger partial charge in [0.1, 0.15) is 6.10 Å². The highest BCUT2D eigenvalue weighted by molar-refractivity contribution is 5.96. The van der Waals surface area contributed by atoms with E-state index in [-0.39, 0.29) is 6.04 Å². The highest BCUT2D eigenvalue weighted by Gasteiger charge is 2.24. The third-order valence-electron chi connectivity index (χ3n) is 2.65. The second kappa shape index (κ2) is 6.58. The van der Waals surface area contributed by atoms with Crippen LogP contribution in [0.15, 0.2) is 12.2 Å². The van der Waals surface area contributed by atoms with E-state index in [4.69, 9.17) is 5.73 Å². The fraction of sp³-hybridized carbons (Fsp3) is 0.600. The van der Waals surface area contributed by atoms with E-state index < -0.39 is 23.0 Å². The lowest BCUT2D eigenvalue weighted by Crippen LogP contribution is -2.38. The lowest BCUT2D eigenvalue weighted by Gasteiger charge is -2.27. The predicted molar refractivity (Wildman–Crippen MR) is 60.6 cm³/mol. The van der Waals surface area contributed by atoms with E-state index in [9.17, 15) is 19.7 Å². The first-order valence-corrected chi connectivity index (χ1v) is 5.56. The molecule has 0 aromatic carbocycles. The fourth-order valence-corrected chi connectivity index (χ4v) is 1.84. The van der Waals surface area contributed by atoms with Gasteiger partial charge >= 0.3 is 0 Å². The summed E-state index contributed by atoms with van der Waals surface area (Å²) in [6.07, 6.45) is 3.91. The van der Waals surface area contributed by atoms with Crippen molar-refractivity contribution in [3.8, 4) is 0 Å². The van der Waals surface area contributed by atoms with Crippen LogP contribution < -0.4 is 11.1 Å². The Morgan fingerprint density at radius 1 is 1.28 bits per heavy atom. The van der Waals surface area contributed by atoms with Crippen LogP contribution in [0.3, 0.4) is 0 Å². The molecule has 1 aliphatic carbocycles. The molecular weight excluding hydrogens is 242 g/mol. The lowest BCUT2D eigenvalue weighted by molar-refractivity contribution is -0.769. The molecule has 1 rings (SSSR count). The first-order chi connectivity index (χ1) is 8.47. The zero-order valence-corrected chi connectivity index (χ0v) is 9.70. The summed E-state index contributed by atoms with van der Waals surface area (Å²) < 4.78 is 0. The highest BCUT2D eigenvalue weighted by Crippen LogP contribution is 2.21. The van der Waals surface area contributed by atoms with Crippen molar-refractivity contribution in [2.75, 3.05) is 0 Å². The van der Waals surface area contributed by atoms with Crippen LogP contribution in [0.1, 0.15) is 25.7 Å². The SMILES string of the molecule is NC(=O)/C=C\C(=O)N[C@H]1CC[C@H](O[N+](=O)[O-])CC1. The number of nitrogens with two attached hydrogens (primary N) is 1. The molecule has 18 heavy (non-hydrogen) atoms. The second-order valence-electron chi connectivity index (χ2n) is 4.05. The minimum atomic E-state index is -0.792. The molecule has 1 aliphatic rings. The van der Waals surface area contributed by atoms with E-state index in [0.717, 1.165) is 12.2 Å². The second-order valence-corrected chi connectivity index (χ2v) is 4.05. The lowest BCUT2D eigenvalue weighted by atomic mass is 9.93. The molecule has 2 amide bonds. The number of rotatable bonds is 5. The van der Waals surface area contributed by atoms with E-state index in [2.05, 4.69) is 10.2 Å². The first-order valence-electron chi connectivity index (χ1n) is 5.56. The smallest absolute Gasteiger partial charge is 0.294 e. The Bertz CT molecular complexity index is 361. The first kappa shape index (κ1) is 13.9. The summed E-state index contributed by atoms with van der Waals surface area (Å²) >= 11 is 0. The van der Waals surface area contributed by atoms with Crippen LogP contribution in [0.4, 0.5) is 0 Å². The zero-order chi connectivity index (χ0) is 13.5. The van der Waals surface area contributed by atoms with Gasteiger partial charge in [0, 0.05) is 18.2 Å². The Balaban J connectivity index is 2.29. The van der Waals surface area contributed by atoms with Crippen molar-refractivity contribution in [3.63, 3.8) is 0 Å². The molecular formula is C10H15N3O5. The normalized spacial score (nSPS) is 23.6. The molecule has 0 radical (unpaired) electrons. The summed E-state index contributed by atoms with van der Waals surface area (Å²) in [6, 6.07) is -0.0540. The van der Waals surface area contributed by atoms with Gasteiger partial charge in [-0.2, -0.15) is 0 Å². The van der Waals surface area contributed by atoms with E-state index in [1.165, 1.54) is 0 Å². The number of primary amides is 1. The number of hydrogen-bond acceptors (Lipinski definition) is 5. The summed E-state index contributed by atoms with van der Waals surface area (Å²) in [5.41, 5.74) is 4.85. The van der Waals surface area contributed by atoms with Crippen LogP contribution in [0, 0.1) is 10.1 Å². The molecule has 0 heterocycles. The van der Waals surface area contributed by atoms with E-state index in [0.29, 0.717) is 25.7 Å².